The first-order valence-electron chi connectivity index (χ1n) is 6.21. The van der Waals surface area contributed by atoms with Crippen molar-refractivity contribution < 1.29 is 14.3 Å². The Hall–Kier alpha value is -1.55. The van der Waals surface area contributed by atoms with E-state index >= 15 is 0 Å². The lowest BCUT2D eigenvalue weighted by molar-refractivity contribution is 0.0601. The van der Waals surface area contributed by atoms with Crippen LogP contribution in [0.15, 0.2) is 18.2 Å². The molecule has 0 aromatic heterocycles. The van der Waals surface area contributed by atoms with Gasteiger partial charge in [0.15, 0.2) is 0 Å². The number of hydrogen-bond donors (Lipinski definition) is 0. The Morgan fingerprint density at radius 3 is 2.61 bits per heavy atom. The minimum Gasteiger partial charge on any atom is -0.465 e. The molecule has 1 heterocycles. The van der Waals surface area contributed by atoms with E-state index in [1.165, 1.54) is 20.0 Å². The lowest BCUT2D eigenvalue weighted by Gasteiger charge is -2.21. The van der Waals surface area contributed by atoms with E-state index in [0.717, 1.165) is 24.3 Å². The van der Waals surface area contributed by atoms with Gasteiger partial charge in [0.1, 0.15) is 0 Å². The average molecular weight is 249 g/mol. The van der Waals surface area contributed by atoms with Gasteiger partial charge in [-0.05, 0) is 30.5 Å². The van der Waals surface area contributed by atoms with Gasteiger partial charge in [-0.15, -0.1) is 0 Å². The van der Waals surface area contributed by atoms with Crippen molar-refractivity contribution in [1.29, 1.82) is 0 Å². The molecule has 98 valence electrons. The summed E-state index contributed by atoms with van der Waals surface area (Å²) in [5.74, 6) is -0.283. The third kappa shape index (κ3) is 2.64. The molecular weight excluding hydrogens is 230 g/mol. The summed E-state index contributed by atoms with van der Waals surface area (Å²) in [5, 5.41) is 0. The molecule has 1 aliphatic rings. The van der Waals surface area contributed by atoms with Gasteiger partial charge in [-0.25, -0.2) is 4.79 Å². The summed E-state index contributed by atoms with van der Waals surface area (Å²) in [6.07, 6.45) is 2.36. The molecule has 1 saturated heterocycles. The van der Waals surface area contributed by atoms with Gasteiger partial charge >= 0.3 is 5.97 Å². The maximum absolute atomic E-state index is 11.9. The number of nitrogens with zero attached hydrogens (tertiary/aromatic N) is 1. The highest BCUT2D eigenvalue weighted by Gasteiger charge is 2.20. The van der Waals surface area contributed by atoms with Crippen molar-refractivity contribution in [2.24, 2.45) is 0 Å². The number of anilines is 1. The van der Waals surface area contributed by atoms with Crippen LogP contribution in [0.25, 0.3) is 0 Å². The monoisotopic (exact) mass is 249 g/mol. The van der Waals surface area contributed by atoms with Crippen LogP contribution in [-0.4, -0.2) is 33.3 Å². The topological polar surface area (TPSA) is 38.8 Å². The molecule has 0 amide bonds. The highest BCUT2D eigenvalue weighted by molar-refractivity contribution is 5.96. The summed E-state index contributed by atoms with van der Waals surface area (Å²) in [7, 11) is 3.06. The fraction of sp³-hybridized carbons (Fsp3) is 0.500. The van der Waals surface area contributed by atoms with Crippen LogP contribution in [0.5, 0.6) is 0 Å². The van der Waals surface area contributed by atoms with Gasteiger partial charge < -0.3 is 14.4 Å². The number of methoxy groups -OCH3 is 2. The number of ether oxygens (including phenoxy) is 2. The second-order valence-corrected chi connectivity index (χ2v) is 4.47. The highest BCUT2D eigenvalue weighted by Crippen LogP contribution is 2.26. The Bertz CT molecular complexity index is 425. The minimum absolute atomic E-state index is 0.283. The van der Waals surface area contributed by atoms with Crippen molar-refractivity contribution in [3.05, 3.63) is 29.3 Å². The van der Waals surface area contributed by atoms with E-state index in [1.54, 1.807) is 7.11 Å². The molecule has 0 bridgehead atoms. The second kappa shape index (κ2) is 5.87. The molecule has 0 unspecified atom stereocenters. The van der Waals surface area contributed by atoms with Gasteiger partial charge in [-0.1, -0.05) is 6.07 Å². The molecule has 0 aliphatic carbocycles. The first kappa shape index (κ1) is 12.9. The molecule has 4 nitrogen and oxygen atoms in total. The third-order valence-corrected chi connectivity index (χ3v) is 3.22. The van der Waals surface area contributed by atoms with Crippen LogP contribution < -0.4 is 4.90 Å². The van der Waals surface area contributed by atoms with E-state index in [9.17, 15) is 4.79 Å². The molecule has 18 heavy (non-hydrogen) atoms. The van der Waals surface area contributed by atoms with Crippen LogP contribution in [-0.2, 0) is 16.1 Å². The number of hydrogen-bond acceptors (Lipinski definition) is 4. The zero-order valence-electron chi connectivity index (χ0n) is 10.9. The van der Waals surface area contributed by atoms with Crippen molar-refractivity contribution in [3.8, 4) is 0 Å². The predicted octanol–water partition coefficient (Wildman–Crippen LogP) is 2.22. The van der Waals surface area contributed by atoms with E-state index in [0.29, 0.717) is 12.2 Å². The van der Waals surface area contributed by atoms with Crippen LogP contribution in [0.4, 0.5) is 5.69 Å². The van der Waals surface area contributed by atoms with Crippen LogP contribution in [0.3, 0.4) is 0 Å². The van der Waals surface area contributed by atoms with Crippen molar-refractivity contribution in [1.82, 2.24) is 0 Å². The maximum atomic E-state index is 11.9. The number of esters is 1. The summed E-state index contributed by atoms with van der Waals surface area (Å²) in [6.45, 7) is 2.52. The molecule has 4 heteroatoms. The van der Waals surface area contributed by atoms with Crippen molar-refractivity contribution >= 4 is 11.7 Å². The van der Waals surface area contributed by atoms with Gasteiger partial charge in [0.05, 0.1) is 25.0 Å². The van der Waals surface area contributed by atoms with E-state index in [-0.39, 0.29) is 5.97 Å². The van der Waals surface area contributed by atoms with E-state index in [4.69, 9.17) is 9.47 Å². The predicted molar refractivity (Wildman–Crippen MR) is 69.9 cm³/mol. The minimum atomic E-state index is -0.283. The first-order valence-corrected chi connectivity index (χ1v) is 6.21. The van der Waals surface area contributed by atoms with Crippen molar-refractivity contribution in [2.75, 3.05) is 32.2 Å². The van der Waals surface area contributed by atoms with Gasteiger partial charge in [-0.2, -0.15) is 0 Å². The van der Waals surface area contributed by atoms with Crippen LogP contribution in [0.2, 0.25) is 0 Å². The number of carbonyl (C=O) groups excluding carboxylic acids is 1. The number of benzene rings is 1. The normalized spacial score (nSPS) is 14.9. The van der Waals surface area contributed by atoms with Gasteiger partial charge in [0, 0.05) is 20.2 Å². The quantitative estimate of drug-likeness (QED) is 0.767. The highest BCUT2D eigenvalue weighted by atomic mass is 16.5. The Morgan fingerprint density at radius 2 is 2.00 bits per heavy atom. The molecule has 1 aromatic carbocycles. The maximum Gasteiger partial charge on any atom is 0.339 e. The number of carbonyl (C=O) groups is 1. The van der Waals surface area contributed by atoms with Crippen LogP contribution >= 0.6 is 0 Å². The number of rotatable bonds is 4. The third-order valence-electron chi connectivity index (χ3n) is 3.22. The summed E-state index contributed by atoms with van der Waals surface area (Å²) in [5.41, 5.74) is 2.59. The molecule has 0 radical (unpaired) electrons. The summed E-state index contributed by atoms with van der Waals surface area (Å²) < 4.78 is 9.96. The molecule has 0 atom stereocenters. The van der Waals surface area contributed by atoms with E-state index < -0.39 is 0 Å². The molecule has 2 rings (SSSR count). The molecule has 0 saturated carbocycles. The zero-order chi connectivity index (χ0) is 13.0. The zero-order valence-corrected chi connectivity index (χ0v) is 10.9. The fourth-order valence-electron chi connectivity index (χ4n) is 2.35. The van der Waals surface area contributed by atoms with E-state index in [1.807, 2.05) is 18.2 Å². The van der Waals surface area contributed by atoms with Gasteiger partial charge in [0.25, 0.3) is 0 Å². The van der Waals surface area contributed by atoms with Gasteiger partial charge in [0.2, 0.25) is 0 Å². The Balaban J connectivity index is 2.34. The molecule has 0 N–H and O–H groups in total. The van der Waals surface area contributed by atoms with Crippen LogP contribution in [0, 0.1) is 0 Å². The SMILES string of the molecule is COCc1ccc(N2CCCC2)c(C(=O)OC)c1. The Kier molecular flexibility index (Phi) is 4.20. The second-order valence-electron chi connectivity index (χ2n) is 4.47. The van der Waals surface area contributed by atoms with Gasteiger partial charge in [-0.3, -0.25) is 0 Å². The average Bonchev–Trinajstić information content (AvgIpc) is 2.92. The Morgan fingerprint density at radius 1 is 1.28 bits per heavy atom. The molecular formula is C14H19NO3. The summed E-state index contributed by atoms with van der Waals surface area (Å²) in [6, 6.07) is 5.86. The molecule has 1 aliphatic heterocycles. The van der Waals surface area contributed by atoms with Crippen LogP contribution in [0.1, 0.15) is 28.8 Å². The molecule has 1 aromatic rings. The van der Waals surface area contributed by atoms with Crippen molar-refractivity contribution in [3.63, 3.8) is 0 Å². The largest absolute Gasteiger partial charge is 0.465 e. The first-order chi connectivity index (χ1) is 8.76. The smallest absolute Gasteiger partial charge is 0.339 e. The van der Waals surface area contributed by atoms with Crippen molar-refractivity contribution in [2.45, 2.75) is 19.4 Å². The molecule has 0 spiro atoms. The lowest BCUT2D eigenvalue weighted by Crippen LogP contribution is -2.21. The molecule has 1 fully saturated rings. The summed E-state index contributed by atoms with van der Waals surface area (Å²) >= 11 is 0. The Labute approximate surface area is 107 Å². The summed E-state index contributed by atoms with van der Waals surface area (Å²) in [4.78, 5) is 14.1. The lowest BCUT2D eigenvalue weighted by atomic mass is 10.1. The standard InChI is InChI=1S/C14H19NO3/c1-17-10-11-5-6-13(15-7-3-4-8-15)12(9-11)14(16)18-2/h5-6,9H,3-4,7-8,10H2,1-2H3. The fourth-order valence-corrected chi connectivity index (χ4v) is 2.35. The van der Waals surface area contributed by atoms with E-state index in [2.05, 4.69) is 4.90 Å².